The van der Waals surface area contributed by atoms with Crippen molar-refractivity contribution < 1.29 is 49.0 Å². The summed E-state index contributed by atoms with van der Waals surface area (Å²) in [5.74, 6) is 3.27. The molecule has 0 saturated heterocycles. The molecule has 10 rings (SSSR count). The van der Waals surface area contributed by atoms with Crippen LogP contribution in [0.1, 0.15) is 183 Å². The smallest absolute Gasteiger partial charge is 0.0363 e. The Morgan fingerprint density at radius 2 is 1.02 bits per heavy atom. The normalized spacial score (nSPS) is 20.9. The summed E-state index contributed by atoms with van der Waals surface area (Å²) in [7, 11) is 0. The maximum atomic E-state index is 3.53. The summed E-state index contributed by atoms with van der Waals surface area (Å²) in [6.45, 7) is 31.8. The number of benzene rings is 4. The van der Waals surface area contributed by atoms with E-state index in [1.54, 1.807) is 49.7 Å². The van der Waals surface area contributed by atoms with Gasteiger partial charge in [0.25, 0.3) is 0 Å². The van der Waals surface area contributed by atoms with Crippen LogP contribution in [-0.4, -0.2) is 3.21 Å². The molecule has 0 spiro atoms. The van der Waals surface area contributed by atoms with Gasteiger partial charge >= 0.3 is 151 Å². The second-order valence-electron chi connectivity index (χ2n) is 24.2. The number of rotatable bonds is 4. The minimum Gasteiger partial charge on any atom is -1.00 e. The van der Waals surface area contributed by atoms with E-state index in [2.05, 4.69) is 194 Å². The summed E-state index contributed by atoms with van der Waals surface area (Å²) in [4.78, 5) is 0. The summed E-state index contributed by atoms with van der Waals surface area (Å²) in [5.41, 5.74) is 20.0. The van der Waals surface area contributed by atoms with E-state index in [1.165, 1.54) is 95.1 Å². The minimum absolute atomic E-state index is 0. The van der Waals surface area contributed by atoms with Crippen molar-refractivity contribution >= 4 is 3.21 Å². The maximum absolute atomic E-state index is 3.53. The Kier molecular flexibility index (Phi) is 15.9. The summed E-state index contributed by atoms with van der Waals surface area (Å²) in [6.07, 6.45) is 11.7. The molecule has 4 fully saturated rings. The zero-order chi connectivity index (χ0) is 44.3. The van der Waals surface area contributed by atoms with Crippen LogP contribution in [0, 0.1) is 43.1 Å². The molecule has 0 unspecified atom stereocenters. The number of hydrogen-bond acceptors (Lipinski definition) is 0. The van der Waals surface area contributed by atoms with Gasteiger partial charge in [0.05, 0.1) is 0 Å². The average molecular weight is 959 g/mol. The molecule has 0 atom stereocenters. The van der Waals surface area contributed by atoms with Gasteiger partial charge in [0.15, 0.2) is 0 Å². The topological polar surface area (TPSA) is 0 Å². The summed E-state index contributed by atoms with van der Waals surface area (Å²) in [5, 5.41) is 0. The predicted molar refractivity (Wildman–Crippen MR) is 260 cm³/mol. The Morgan fingerprint density at radius 3 is 1.43 bits per heavy atom. The second-order valence-corrected chi connectivity index (χ2v) is 25.4. The van der Waals surface area contributed by atoms with Crippen LogP contribution in [0.5, 0.6) is 0 Å². The molecule has 0 heterocycles. The van der Waals surface area contributed by atoms with Crippen molar-refractivity contribution in [2.45, 2.75) is 170 Å². The molecule has 5 aliphatic carbocycles. The van der Waals surface area contributed by atoms with E-state index in [0.717, 1.165) is 24.2 Å². The van der Waals surface area contributed by atoms with Gasteiger partial charge in [-0.3, -0.25) is 0 Å². The zero-order valence-electron chi connectivity index (χ0n) is 41.3. The van der Waals surface area contributed by atoms with Gasteiger partial charge in [-0.25, -0.2) is 6.07 Å². The van der Waals surface area contributed by atoms with Crippen molar-refractivity contribution in [1.29, 1.82) is 0 Å². The molecule has 63 heavy (non-hydrogen) atoms. The molecule has 4 bridgehead atoms. The van der Waals surface area contributed by atoms with Crippen LogP contribution in [0.3, 0.4) is 0 Å². The number of aryl methyl sites for hydroxylation is 2. The Bertz CT molecular complexity index is 2190. The Labute approximate surface area is 411 Å². The fraction of sp³-hybridized carbons (Fsp3) is 0.500. The molecule has 0 amide bonds. The molecule has 0 aromatic heterocycles. The van der Waals surface area contributed by atoms with Crippen molar-refractivity contribution in [3.05, 3.63) is 158 Å². The SMILES string of the molecule is CC(C)(C)c1c[c-]c2c(c1)-c1cc(C(C)(C)C)ccc1C2.CC(C)(C)c1ccc([C](=[Zr+2])c2ccc(C(C)(C)C)cc2)cc1.Cc1cc(CC23CC4CC(CC(C4)C2)C3)c(C)[cH-]1.[Cl-].[Cl-]. The van der Waals surface area contributed by atoms with Gasteiger partial charge in [-0.2, -0.15) is 52.1 Å². The Hall–Kier alpha value is -2.44. The first-order valence-electron chi connectivity index (χ1n) is 23.6. The van der Waals surface area contributed by atoms with Crippen molar-refractivity contribution in [2.24, 2.45) is 23.2 Å². The van der Waals surface area contributed by atoms with Crippen LogP contribution >= 0.6 is 0 Å². The summed E-state index contributed by atoms with van der Waals surface area (Å²) >= 11 is 1.46. The van der Waals surface area contributed by atoms with Gasteiger partial charge in [0, 0.05) is 0 Å². The van der Waals surface area contributed by atoms with Crippen molar-refractivity contribution in [2.75, 3.05) is 0 Å². The van der Waals surface area contributed by atoms with Crippen molar-refractivity contribution in [3.63, 3.8) is 0 Å². The van der Waals surface area contributed by atoms with Gasteiger partial charge in [-0.1, -0.05) is 96.6 Å². The van der Waals surface area contributed by atoms with Crippen LogP contribution in [0.2, 0.25) is 0 Å². The van der Waals surface area contributed by atoms with Gasteiger partial charge < -0.3 is 24.8 Å². The second kappa shape index (κ2) is 19.4. The molecule has 0 radical (unpaired) electrons. The van der Waals surface area contributed by atoms with E-state index in [0.29, 0.717) is 5.41 Å². The number of fused-ring (bicyclic) bond motifs is 3. The maximum Gasteiger partial charge on any atom is -0.0363 e. The summed E-state index contributed by atoms with van der Waals surface area (Å²) < 4.78 is 1.42. The molecule has 0 aliphatic heterocycles. The third kappa shape index (κ3) is 12.1. The van der Waals surface area contributed by atoms with E-state index in [1.807, 2.05) is 0 Å². The van der Waals surface area contributed by atoms with E-state index in [-0.39, 0.29) is 46.5 Å². The van der Waals surface area contributed by atoms with Gasteiger partial charge in [-0.05, 0) is 79.1 Å². The third-order valence-corrected chi connectivity index (χ3v) is 16.1. The first kappa shape index (κ1) is 51.5. The van der Waals surface area contributed by atoms with Crippen molar-refractivity contribution in [1.82, 2.24) is 0 Å². The van der Waals surface area contributed by atoms with E-state index in [9.17, 15) is 0 Å². The Morgan fingerprint density at radius 1 is 0.587 bits per heavy atom. The minimum atomic E-state index is 0. The van der Waals surface area contributed by atoms with Crippen LogP contribution in [0.15, 0.2) is 91.0 Å². The first-order valence-corrected chi connectivity index (χ1v) is 24.8. The third-order valence-electron chi connectivity index (χ3n) is 14.7. The molecule has 5 aliphatic rings. The quantitative estimate of drug-likeness (QED) is 0.155. The standard InChI is InChI=1S/C21H25.C21H26.C18H25.2ClH.Zr/c1-20(2,3)16-9-7-14-11-15-8-10-17(21(4,5)6)13-19(15)18(14)12-16;1-20(2,3)18-11-7-16(8-12-18)15-17-9-13-19(14-10-17)21(4,5)6;1-12-3-13(2)17(4-12)11-18-8-14-5-15(9-18)7-16(6-14)10-18;;;/h7,9-10,12-13H,11H2,1-6H3;7-14H,1-6H3;3-4,14-16H,5-11H2,1-2H3;2*1H;/q-1;;-1;;;+2/p-2. The molecule has 0 N–H and O–H groups in total. The first-order chi connectivity index (χ1) is 28.4. The Balaban J connectivity index is 0.000000176. The molecule has 5 aromatic rings. The molecular weight excluding hydrogens is 883 g/mol. The van der Waals surface area contributed by atoms with E-state index < -0.39 is 0 Å². The average Bonchev–Trinajstić information content (AvgIpc) is 3.69. The van der Waals surface area contributed by atoms with Crippen LogP contribution in [0.4, 0.5) is 0 Å². The molecule has 3 heteroatoms. The largest absolute Gasteiger partial charge is 1.00 e. The molecular formula is C60H76Cl2Zr-2. The molecule has 5 aromatic carbocycles. The molecule has 0 nitrogen and oxygen atoms in total. The fourth-order valence-electron chi connectivity index (χ4n) is 11.4. The van der Waals surface area contributed by atoms with Crippen LogP contribution in [-0.2, 0) is 58.7 Å². The fourth-order valence-corrected chi connectivity index (χ4v) is 12.2. The number of halogens is 2. The summed E-state index contributed by atoms with van der Waals surface area (Å²) in [6, 6.07) is 38.0. The van der Waals surface area contributed by atoms with Crippen molar-refractivity contribution in [3.8, 4) is 11.1 Å². The van der Waals surface area contributed by atoms with Gasteiger partial charge in [-0.15, -0.1) is 5.56 Å². The predicted octanol–water partition coefficient (Wildman–Crippen LogP) is 9.84. The monoisotopic (exact) mass is 956 g/mol. The van der Waals surface area contributed by atoms with E-state index in [4.69, 9.17) is 0 Å². The molecule has 4 saturated carbocycles. The zero-order valence-corrected chi connectivity index (χ0v) is 45.3. The van der Waals surface area contributed by atoms with Gasteiger partial charge in [0.1, 0.15) is 0 Å². The van der Waals surface area contributed by atoms with E-state index >= 15 is 0 Å². The van der Waals surface area contributed by atoms with Crippen LogP contribution < -0.4 is 24.8 Å². The number of hydrogen-bond donors (Lipinski definition) is 0. The van der Waals surface area contributed by atoms with Gasteiger partial charge in [0.2, 0.25) is 0 Å². The van der Waals surface area contributed by atoms with Crippen LogP contribution in [0.25, 0.3) is 11.1 Å². The molecule has 336 valence electrons.